The maximum absolute atomic E-state index is 16.0. The van der Waals surface area contributed by atoms with Gasteiger partial charge >= 0.3 is 12.1 Å². The Labute approximate surface area is 561 Å². The zero-order chi connectivity index (χ0) is 68.6. The molecule has 5 heterocycles. The van der Waals surface area contributed by atoms with Gasteiger partial charge in [-0.2, -0.15) is 0 Å². The molecule has 0 fully saturated rings. The molecule has 9 bridgehead atoms. The number of benzene rings is 6. The zero-order valence-corrected chi connectivity index (χ0v) is 56.5. The first-order valence-corrected chi connectivity index (χ1v) is 34.1. The number of carbonyl (C=O) groups is 8. The van der Waals surface area contributed by atoms with Crippen molar-refractivity contribution in [1.29, 1.82) is 0 Å². The van der Waals surface area contributed by atoms with E-state index in [1.165, 1.54) is 62.5 Å². The predicted molar refractivity (Wildman–Crippen MR) is 356 cm³/mol. The number of hydrogen-bond acceptors (Lipinski definition) is 15. The molecule has 0 unspecified atom stereocenters. The van der Waals surface area contributed by atoms with E-state index in [1.54, 1.807) is 55.7 Å². The van der Waals surface area contributed by atoms with Crippen molar-refractivity contribution in [3.8, 4) is 45.6 Å². The normalized spacial score (nSPS) is 18.3. The number of phenolic OH excluding ortho intramolecular Hbond substituents is 4. The third-order valence-corrected chi connectivity index (χ3v) is 23.8. The van der Waals surface area contributed by atoms with E-state index in [0.29, 0.717) is 45.5 Å². The fourth-order valence-electron chi connectivity index (χ4n) is 12.0. The summed E-state index contributed by atoms with van der Waals surface area (Å²) in [5, 5.41) is 57.8. The number of likely N-dealkylation sites (N-methyl/N-ethyl adjacent to an activating group) is 1. The highest BCUT2D eigenvalue weighted by atomic mass is 35.5. The van der Waals surface area contributed by atoms with Gasteiger partial charge in [0.2, 0.25) is 35.4 Å². The van der Waals surface area contributed by atoms with Crippen LogP contribution in [-0.2, 0) is 51.1 Å². The lowest BCUT2D eigenvalue weighted by Crippen LogP contribution is -2.55. The number of aromatic nitrogens is 1. The number of fused-ring (bicyclic) bond motifs is 15. The van der Waals surface area contributed by atoms with E-state index < -0.39 is 115 Å². The van der Waals surface area contributed by atoms with Crippen LogP contribution in [0.15, 0.2) is 103 Å². The highest BCUT2D eigenvalue weighted by molar-refractivity contribution is 6.92. The summed E-state index contributed by atoms with van der Waals surface area (Å²) in [5.41, 5.74) is 0.222. The van der Waals surface area contributed by atoms with Gasteiger partial charge in [-0.25, -0.2) is 9.59 Å². The molecule has 94 heavy (non-hydrogen) atoms. The number of carbonyl (C=O) groups excluding carboxylic acids is 8. The number of halogens is 4. The summed E-state index contributed by atoms with van der Waals surface area (Å²) in [4.78, 5) is 121. The van der Waals surface area contributed by atoms with E-state index in [1.807, 2.05) is 20.8 Å². The molecule has 0 radical (unpaired) electrons. The Balaban J connectivity index is 1.33. The summed E-state index contributed by atoms with van der Waals surface area (Å²) in [6, 6.07) is 15.1. The van der Waals surface area contributed by atoms with E-state index in [-0.39, 0.29) is 83.6 Å². The summed E-state index contributed by atoms with van der Waals surface area (Å²) in [6.07, 6.45) is -1.59. The monoisotopic (exact) mass is 1380 g/mol. The van der Waals surface area contributed by atoms with Crippen LogP contribution in [0.4, 0.5) is 4.79 Å². The van der Waals surface area contributed by atoms with Gasteiger partial charge in [0.25, 0.3) is 0 Å². The van der Waals surface area contributed by atoms with Crippen LogP contribution in [0.1, 0.15) is 111 Å². The van der Waals surface area contributed by atoms with Crippen molar-refractivity contribution in [3.63, 3.8) is 0 Å². The van der Waals surface area contributed by atoms with Gasteiger partial charge in [-0.05, 0) is 126 Å². The fraction of sp³-hybridized carbons (Fsp3) is 0.313. The lowest BCUT2D eigenvalue weighted by Gasteiger charge is -2.33. The van der Waals surface area contributed by atoms with E-state index in [2.05, 4.69) is 26.6 Å². The van der Waals surface area contributed by atoms with Crippen molar-refractivity contribution >= 4 is 118 Å². The standard InChI is InChI=1S/C67H69Cl4N7O15Si/c1-10-94(11-2,12-3)64-43-31-48(72-66(90)93-67(5,6)7)59(84)73-53(37-25-44(68)57(82)45(69)26-37)61(86)74-52-36-24-42(35-17-22-41(43)49(29-35)78(64)32(4)79)56(81)51(30-36)92-40-20-13-33(14-21-40)23-50(60(85)76-55(65(89)91-9)34-15-18-39(80)19-16-34)77(8)63(88)54(75-62(52)87)38-27-46(70)58(83)47(71)28-38/h13-22,24-30,48,50,52-55,80-83H,10-12,23,31H2,1-9H3,(H,72,90)(H,73,84)(H,74,86)(H,75,87)(H,76,85)/t48-,50+,52-,53-,54-,55-/m1/s1. The van der Waals surface area contributed by atoms with Gasteiger partial charge in [0.05, 0.1) is 32.7 Å². The smallest absolute Gasteiger partial charge is 0.408 e. The lowest BCUT2D eigenvalue weighted by atomic mass is 9.94. The molecule has 4 aliphatic rings. The molecule has 0 saturated carbocycles. The van der Waals surface area contributed by atoms with Crippen LogP contribution in [0.3, 0.4) is 0 Å². The molecule has 27 heteroatoms. The number of esters is 1. The molecule has 4 aliphatic heterocycles. The maximum Gasteiger partial charge on any atom is 0.408 e. The zero-order valence-electron chi connectivity index (χ0n) is 52.5. The Morgan fingerprint density at radius 3 is 1.76 bits per heavy atom. The SMILES string of the molecule is CC[Si](CC)(CC)c1c2c3ccc(cc3n1C(C)=O)-c1cc3cc(c1O)Oc1ccc(cc1)C[C@@H](C(=O)N[C@@H](C(=O)OC)c1ccc(O)cc1)N(C)C(=O)[C@@H](c1cc(Cl)c(O)c(Cl)c1)NC(=O)[C@@H]3NC(=O)[C@@H](c1cc(Cl)c(O)c(Cl)c1)NC(=O)[C@H](NC(=O)OC(C)(C)C)C2. The minimum Gasteiger partial charge on any atom is -0.508 e. The van der Waals surface area contributed by atoms with E-state index in [0.717, 1.165) is 36.3 Å². The second kappa shape index (κ2) is 27.9. The van der Waals surface area contributed by atoms with Crippen molar-refractivity contribution in [1.82, 2.24) is 36.1 Å². The molecule has 6 atom stereocenters. The summed E-state index contributed by atoms with van der Waals surface area (Å²) in [7, 11) is -0.416. The third-order valence-electron chi connectivity index (χ3n) is 17.1. The number of amides is 6. The second-order valence-electron chi connectivity index (χ2n) is 24.0. The molecule has 1 aromatic heterocycles. The van der Waals surface area contributed by atoms with Gasteiger partial charge in [-0.3, -0.25) is 33.3 Å². The van der Waals surface area contributed by atoms with Crippen LogP contribution in [0, 0.1) is 0 Å². The first-order valence-electron chi connectivity index (χ1n) is 29.9. The van der Waals surface area contributed by atoms with Crippen molar-refractivity contribution in [3.05, 3.63) is 157 Å². The molecule has 22 nitrogen and oxygen atoms in total. The van der Waals surface area contributed by atoms with Gasteiger partial charge in [-0.15, -0.1) is 0 Å². The van der Waals surface area contributed by atoms with Crippen LogP contribution in [-0.4, -0.2) is 117 Å². The average molecular weight is 1380 g/mol. The number of hydrogen-bond donors (Lipinski definition) is 9. The molecule has 11 rings (SSSR count). The Bertz CT molecular complexity index is 4140. The van der Waals surface area contributed by atoms with Crippen molar-refractivity contribution in [2.24, 2.45) is 0 Å². The van der Waals surface area contributed by atoms with Crippen LogP contribution < -0.4 is 36.6 Å². The first kappa shape index (κ1) is 69.3. The number of nitrogens with zero attached hydrogens (tertiary/aromatic N) is 2. The molecular formula is C67H69Cl4N7O15Si. The topological polar surface area (TPSA) is 313 Å². The minimum atomic E-state index is -2.77. The first-order chi connectivity index (χ1) is 44.4. The summed E-state index contributed by atoms with van der Waals surface area (Å²) < 4.78 is 18.9. The second-order valence-corrected chi connectivity index (χ2v) is 30.8. The minimum absolute atomic E-state index is 0.00189. The molecule has 6 amide bonds. The molecule has 7 aromatic rings. The molecule has 0 saturated heterocycles. The van der Waals surface area contributed by atoms with Crippen molar-refractivity contribution < 1.29 is 73.0 Å². The van der Waals surface area contributed by atoms with E-state index in [9.17, 15) is 39.6 Å². The third kappa shape index (κ3) is 14.2. The number of phenols is 4. The predicted octanol–water partition coefficient (Wildman–Crippen LogP) is 10.6. The number of alkyl carbamates (subject to hydrolysis) is 1. The highest BCUT2D eigenvalue weighted by Crippen LogP contribution is 2.45. The maximum atomic E-state index is 16.0. The summed E-state index contributed by atoms with van der Waals surface area (Å²) in [6.45, 7) is 12.4. The Hall–Kier alpha value is -9.00. The number of ether oxygens (including phenoxy) is 3. The number of methoxy groups -OCH3 is 1. The van der Waals surface area contributed by atoms with Crippen LogP contribution in [0.25, 0.3) is 22.0 Å². The largest absolute Gasteiger partial charge is 0.508 e. The van der Waals surface area contributed by atoms with Crippen molar-refractivity contribution in [2.45, 2.75) is 121 Å². The summed E-state index contributed by atoms with van der Waals surface area (Å²) >= 11 is 26.3. The lowest BCUT2D eigenvalue weighted by molar-refractivity contribution is -0.147. The van der Waals surface area contributed by atoms with Crippen molar-refractivity contribution in [2.75, 3.05) is 14.2 Å². The number of aromatic hydroxyl groups is 4. The Kier molecular flexibility index (Phi) is 20.6. The van der Waals surface area contributed by atoms with Crippen LogP contribution >= 0.6 is 46.4 Å². The van der Waals surface area contributed by atoms with Gasteiger partial charge in [0, 0.05) is 43.1 Å². The Morgan fingerprint density at radius 1 is 0.691 bits per heavy atom. The quantitative estimate of drug-likeness (QED) is 0.0430. The van der Waals surface area contributed by atoms with E-state index in [4.69, 9.17) is 60.6 Å². The fourth-order valence-corrected chi connectivity index (χ4v) is 17.2. The molecule has 0 aliphatic carbocycles. The van der Waals surface area contributed by atoms with Gasteiger partial charge in [0.1, 0.15) is 55.4 Å². The summed E-state index contributed by atoms with van der Waals surface area (Å²) in [5.74, 6) is -8.65. The van der Waals surface area contributed by atoms with Crippen LogP contribution in [0.5, 0.6) is 34.5 Å². The van der Waals surface area contributed by atoms with Gasteiger partial charge in [-0.1, -0.05) is 122 Å². The molecule has 0 spiro atoms. The molecule has 9 N–H and O–H groups in total. The number of rotatable bonds is 11. The Morgan fingerprint density at radius 2 is 1.22 bits per heavy atom. The molecule has 6 aromatic carbocycles. The number of nitrogens with one attached hydrogen (secondary N) is 5. The molecular weight excluding hydrogens is 1310 g/mol. The van der Waals surface area contributed by atoms with Crippen LogP contribution in [0.2, 0.25) is 38.2 Å². The van der Waals surface area contributed by atoms with Gasteiger partial charge in [0.15, 0.2) is 29.0 Å². The average Bonchev–Trinajstić information content (AvgIpc) is 1.56. The highest BCUT2D eigenvalue weighted by Gasteiger charge is 2.43. The van der Waals surface area contributed by atoms with E-state index >= 15 is 19.2 Å². The van der Waals surface area contributed by atoms with Gasteiger partial charge < -0.3 is 66.1 Å². The molecule has 494 valence electrons.